The second-order valence-electron chi connectivity index (χ2n) is 15.5. The van der Waals surface area contributed by atoms with Gasteiger partial charge in [0.15, 0.2) is 6.61 Å². The van der Waals surface area contributed by atoms with Crippen LogP contribution in [0.5, 0.6) is 6.01 Å². The van der Waals surface area contributed by atoms with E-state index in [0.29, 0.717) is 28.5 Å². The van der Waals surface area contributed by atoms with E-state index >= 15 is 0 Å². The second kappa shape index (κ2) is 16.2. The molecule has 4 saturated carbocycles. The van der Waals surface area contributed by atoms with E-state index in [-0.39, 0.29) is 48.2 Å². The number of amides is 2. The Hall–Kier alpha value is -4.99. The first-order valence-electron chi connectivity index (χ1n) is 18.5. The fourth-order valence-corrected chi connectivity index (χ4v) is 8.15. The first-order valence-corrected chi connectivity index (χ1v) is 18.9. The molecule has 3 aromatic rings. The smallest absolute Gasteiger partial charge is 0.422 e. The highest BCUT2D eigenvalue weighted by atomic mass is 35.5. The van der Waals surface area contributed by atoms with Crippen molar-refractivity contribution in [1.82, 2.24) is 25.6 Å². The van der Waals surface area contributed by atoms with Crippen molar-refractivity contribution in [3.8, 4) is 6.01 Å². The minimum atomic E-state index is -4.63. The summed E-state index contributed by atoms with van der Waals surface area (Å²) in [6.45, 7) is 5.05. The Balaban J connectivity index is 1.04. The molecule has 1 aromatic heterocycles. The van der Waals surface area contributed by atoms with Crippen LogP contribution >= 0.6 is 11.6 Å². The Morgan fingerprint density at radius 2 is 1.64 bits per heavy atom. The van der Waals surface area contributed by atoms with Gasteiger partial charge in [-0.1, -0.05) is 44.5 Å². The van der Waals surface area contributed by atoms with Gasteiger partial charge in [-0.2, -0.15) is 28.1 Å². The molecular formula is C39H45ClF3N7O6. The van der Waals surface area contributed by atoms with Gasteiger partial charge in [0.25, 0.3) is 11.8 Å². The number of nitrogens with one attached hydrogen (secondary N) is 4. The van der Waals surface area contributed by atoms with Crippen molar-refractivity contribution >= 4 is 52.8 Å². The van der Waals surface area contributed by atoms with Crippen molar-refractivity contribution < 1.29 is 41.8 Å². The molecule has 7 rings (SSSR count). The van der Waals surface area contributed by atoms with Gasteiger partial charge < -0.3 is 30.7 Å². The molecule has 0 saturated heterocycles. The largest absolute Gasteiger partial charge is 0.467 e. The average Bonchev–Trinajstić information content (AvgIpc) is 3.93. The van der Waals surface area contributed by atoms with E-state index in [1.165, 1.54) is 37.8 Å². The van der Waals surface area contributed by atoms with Gasteiger partial charge in [0, 0.05) is 29.2 Å². The molecule has 17 heteroatoms. The maximum Gasteiger partial charge on any atom is 0.422 e. The number of alkyl halides is 3. The number of anilines is 3. The molecule has 0 spiro atoms. The number of Topliss-reactive ketones (excluding diaryl/α,β-unsaturated/α-hetero) is 1. The minimum Gasteiger partial charge on any atom is -0.467 e. The number of carbonyl (C=O) groups excluding carboxylic acids is 4. The number of hydrogen-bond acceptors (Lipinski definition) is 11. The van der Waals surface area contributed by atoms with Gasteiger partial charge in [-0.3, -0.25) is 14.4 Å². The summed E-state index contributed by atoms with van der Waals surface area (Å²) >= 11 is 6.04. The normalized spacial score (nSPS) is 22.1. The van der Waals surface area contributed by atoms with Crippen LogP contribution in [0.15, 0.2) is 48.5 Å². The number of methoxy groups -OCH3 is 1. The van der Waals surface area contributed by atoms with E-state index in [1.54, 1.807) is 12.1 Å². The third-order valence-corrected chi connectivity index (χ3v) is 11.9. The molecule has 4 aliphatic rings. The fourth-order valence-electron chi connectivity index (χ4n) is 8.03. The number of nitrogens with zero attached hydrogens (tertiary/aromatic N) is 3. The van der Waals surface area contributed by atoms with Crippen molar-refractivity contribution in [3.05, 3.63) is 64.7 Å². The lowest BCUT2D eigenvalue weighted by molar-refractivity contribution is -0.154. The van der Waals surface area contributed by atoms with Gasteiger partial charge in [-0.15, -0.1) is 0 Å². The van der Waals surface area contributed by atoms with Crippen LogP contribution in [0.2, 0.25) is 5.02 Å². The number of aromatic nitrogens is 3. The van der Waals surface area contributed by atoms with Gasteiger partial charge in [-0.05, 0) is 103 Å². The van der Waals surface area contributed by atoms with Crippen LogP contribution < -0.4 is 26.0 Å². The Bertz CT molecular complexity index is 1940. The molecule has 2 bridgehead atoms. The summed E-state index contributed by atoms with van der Waals surface area (Å²) < 4.78 is 48.6. The van der Waals surface area contributed by atoms with Crippen molar-refractivity contribution in [1.29, 1.82) is 0 Å². The van der Waals surface area contributed by atoms with E-state index in [4.69, 9.17) is 21.1 Å². The van der Waals surface area contributed by atoms with Crippen LogP contribution in [0, 0.1) is 29.1 Å². The van der Waals surface area contributed by atoms with E-state index in [2.05, 4.69) is 57.0 Å². The molecule has 1 heterocycles. The van der Waals surface area contributed by atoms with Gasteiger partial charge in [0.1, 0.15) is 6.04 Å². The third kappa shape index (κ3) is 9.51. The molecule has 4 fully saturated rings. The molecule has 4 aliphatic carbocycles. The molecule has 2 amide bonds. The van der Waals surface area contributed by atoms with Crippen LogP contribution in [0.1, 0.15) is 75.2 Å². The molecule has 0 aliphatic heterocycles. The number of esters is 1. The number of hydrogen-bond donors (Lipinski definition) is 4. The molecule has 300 valence electrons. The Morgan fingerprint density at radius 3 is 2.25 bits per heavy atom. The maximum atomic E-state index is 13.2. The predicted molar refractivity (Wildman–Crippen MR) is 200 cm³/mol. The van der Waals surface area contributed by atoms with Crippen molar-refractivity contribution in [3.63, 3.8) is 0 Å². The van der Waals surface area contributed by atoms with Crippen molar-refractivity contribution in [2.45, 2.75) is 77.1 Å². The Kier molecular flexibility index (Phi) is 11.8. The maximum absolute atomic E-state index is 13.2. The summed E-state index contributed by atoms with van der Waals surface area (Å²) in [6.07, 6.45) is -0.930. The number of halogens is 4. The van der Waals surface area contributed by atoms with Crippen LogP contribution in [0.25, 0.3) is 0 Å². The lowest BCUT2D eigenvalue weighted by Gasteiger charge is -2.62. The first-order chi connectivity index (χ1) is 26.5. The zero-order chi connectivity index (χ0) is 40.4. The monoisotopic (exact) mass is 799 g/mol. The predicted octanol–water partition coefficient (Wildman–Crippen LogP) is 6.37. The highest BCUT2D eigenvalue weighted by molar-refractivity contribution is 6.36. The zero-order valence-corrected chi connectivity index (χ0v) is 32.2. The fraction of sp³-hybridized carbons (Fsp3) is 0.513. The number of fused-ring (bicyclic) bond motifs is 2. The van der Waals surface area contributed by atoms with E-state index < -0.39 is 53.9 Å². The average molecular weight is 800 g/mol. The highest BCUT2D eigenvalue weighted by Gasteiger charge is 2.56. The van der Waals surface area contributed by atoms with Gasteiger partial charge in [0.2, 0.25) is 17.7 Å². The van der Waals surface area contributed by atoms with Crippen LogP contribution in [-0.2, 0) is 24.7 Å². The summed E-state index contributed by atoms with van der Waals surface area (Å²) in [5.41, 5.74) is 1.17. The van der Waals surface area contributed by atoms with Crippen molar-refractivity contribution in [2.24, 2.45) is 29.1 Å². The van der Waals surface area contributed by atoms with Gasteiger partial charge in [-0.25, -0.2) is 4.79 Å². The molecule has 0 unspecified atom stereocenters. The molecule has 2 aromatic carbocycles. The molecule has 4 N–H and O–H groups in total. The molecule has 56 heavy (non-hydrogen) atoms. The zero-order valence-electron chi connectivity index (χ0n) is 31.5. The van der Waals surface area contributed by atoms with Gasteiger partial charge in [0.05, 0.1) is 12.6 Å². The lowest BCUT2D eigenvalue weighted by atomic mass is 9.43. The summed E-state index contributed by atoms with van der Waals surface area (Å²) in [4.78, 5) is 63.6. The van der Waals surface area contributed by atoms with Crippen LogP contribution in [0.4, 0.5) is 30.8 Å². The number of rotatable bonds is 16. The number of carbonyl (C=O) groups is 4. The van der Waals surface area contributed by atoms with Crippen LogP contribution in [-0.4, -0.2) is 71.0 Å². The number of ether oxygens (including phenoxy) is 2. The van der Waals surface area contributed by atoms with Crippen LogP contribution in [0.3, 0.4) is 0 Å². The van der Waals surface area contributed by atoms with E-state index in [1.807, 2.05) is 12.1 Å². The molecule has 5 atom stereocenters. The highest BCUT2D eigenvalue weighted by Crippen LogP contribution is 2.63. The summed E-state index contributed by atoms with van der Waals surface area (Å²) in [5, 5.41) is 11.8. The van der Waals surface area contributed by atoms with E-state index in [0.717, 1.165) is 24.8 Å². The number of ketones is 1. The summed E-state index contributed by atoms with van der Waals surface area (Å²) in [6, 6.07) is 11.4. The van der Waals surface area contributed by atoms with Crippen molar-refractivity contribution in [2.75, 3.05) is 30.9 Å². The lowest BCUT2D eigenvalue weighted by Crippen LogP contribution is -2.55. The topological polar surface area (TPSA) is 174 Å². The quantitative estimate of drug-likeness (QED) is 0.0938. The Labute approximate surface area is 327 Å². The minimum absolute atomic E-state index is 0.0169. The molecule has 0 radical (unpaired) electrons. The molecule has 13 nitrogen and oxygen atoms in total. The SMILES string of the molecule is COC(=O)[C@H](CCNC(=O)C(=O)C[C@H]1C[C@@H]2C[C@@H]([C@@H]1C)C2(C)C)NC(=O)c1ccc(Nc2nc(NC3(c4ccc(Cl)cc4)CC3)nc(OCC(F)(F)F)n2)cc1. The summed E-state index contributed by atoms with van der Waals surface area (Å²) in [5.74, 6) is -1.07. The number of benzene rings is 2. The standard InChI is InChI=1S/C39H45ClF3N7O6/c1-21-23(17-25-19-28(21)37(25,2)3)18-30(51)32(53)44-16-13-29(33(54)55-4)46-31(52)22-5-11-27(12-6-22)45-34-47-35(49-36(48-34)56-20-39(41,42)43)50-38(14-15-38)24-7-9-26(40)10-8-24/h5-12,21,23,25,28-29H,13-20H2,1-4H3,(H,44,53)(H,46,52)(H2,45,47,48,49,50)/t21-,23-,25-,28+,29+/m1/s1. The molecular weight excluding hydrogens is 755 g/mol. The third-order valence-electron chi connectivity index (χ3n) is 11.6. The summed E-state index contributed by atoms with van der Waals surface area (Å²) in [7, 11) is 1.17. The van der Waals surface area contributed by atoms with Gasteiger partial charge >= 0.3 is 18.2 Å². The Morgan fingerprint density at radius 1 is 0.964 bits per heavy atom. The second-order valence-corrected chi connectivity index (χ2v) is 16.0. The van der Waals surface area contributed by atoms with E-state index in [9.17, 15) is 32.3 Å². The first kappa shape index (κ1) is 40.7.